The van der Waals surface area contributed by atoms with Crippen molar-refractivity contribution in [3.8, 4) is 5.75 Å². The van der Waals surface area contributed by atoms with E-state index in [2.05, 4.69) is 13.8 Å². The molecule has 0 radical (unpaired) electrons. The number of phenolic OH excluding ortho intramolecular Hbond substituents is 1. The zero-order valence-electron chi connectivity index (χ0n) is 7.34. The van der Waals surface area contributed by atoms with Crippen molar-refractivity contribution in [3.63, 3.8) is 0 Å². The summed E-state index contributed by atoms with van der Waals surface area (Å²) in [4.78, 5) is 0. The summed E-state index contributed by atoms with van der Waals surface area (Å²) >= 11 is 5.75. The average molecular weight is 185 g/mol. The highest BCUT2D eigenvalue weighted by Gasteiger charge is 2.01. The number of hydrogen-bond donors (Lipinski definition) is 1. The molecular formula is C10H13ClO. The summed E-state index contributed by atoms with van der Waals surface area (Å²) in [6, 6.07) is 5.36. The van der Waals surface area contributed by atoms with Gasteiger partial charge in [0, 0.05) is 0 Å². The van der Waals surface area contributed by atoms with Gasteiger partial charge in [-0.2, -0.15) is 0 Å². The third-order valence-electron chi connectivity index (χ3n) is 1.66. The summed E-state index contributed by atoms with van der Waals surface area (Å²) in [5.74, 6) is 0.773. The monoisotopic (exact) mass is 184 g/mol. The van der Waals surface area contributed by atoms with Crippen molar-refractivity contribution < 1.29 is 5.11 Å². The van der Waals surface area contributed by atoms with Crippen molar-refractivity contribution in [1.29, 1.82) is 0 Å². The van der Waals surface area contributed by atoms with Crippen LogP contribution in [-0.2, 0) is 6.42 Å². The van der Waals surface area contributed by atoms with Crippen molar-refractivity contribution in [2.75, 3.05) is 0 Å². The minimum absolute atomic E-state index is 0.157. The Morgan fingerprint density at radius 3 is 2.58 bits per heavy atom. The first-order valence-corrected chi connectivity index (χ1v) is 4.45. The van der Waals surface area contributed by atoms with E-state index in [0.717, 1.165) is 6.42 Å². The van der Waals surface area contributed by atoms with E-state index in [1.165, 1.54) is 5.56 Å². The Bertz CT molecular complexity index is 269. The molecule has 2 heteroatoms. The summed E-state index contributed by atoms with van der Waals surface area (Å²) in [5.41, 5.74) is 1.17. The number of benzene rings is 1. The van der Waals surface area contributed by atoms with Crippen molar-refractivity contribution in [1.82, 2.24) is 0 Å². The molecule has 0 aliphatic carbocycles. The molecule has 0 aromatic heterocycles. The summed E-state index contributed by atoms with van der Waals surface area (Å²) in [6.07, 6.45) is 1.00. The molecule has 0 fully saturated rings. The predicted molar refractivity (Wildman–Crippen MR) is 51.7 cm³/mol. The summed E-state index contributed by atoms with van der Waals surface area (Å²) in [7, 11) is 0. The summed E-state index contributed by atoms with van der Waals surface area (Å²) in [6.45, 7) is 4.31. The molecule has 0 spiro atoms. The zero-order valence-corrected chi connectivity index (χ0v) is 8.10. The third kappa shape index (κ3) is 2.42. The first kappa shape index (κ1) is 9.40. The summed E-state index contributed by atoms with van der Waals surface area (Å²) < 4.78 is 0. The second kappa shape index (κ2) is 3.81. The van der Waals surface area contributed by atoms with E-state index >= 15 is 0 Å². The number of rotatable bonds is 2. The van der Waals surface area contributed by atoms with Gasteiger partial charge in [-0.05, 0) is 30.0 Å². The van der Waals surface area contributed by atoms with Crippen molar-refractivity contribution in [2.45, 2.75) is 20.3 Å². The lowest BCUT2D eigenvalue weighted by molar-refractivity contribution is 0.475. The molecular weight excluding hydrogens is 172 g/mol. The molecule has 1 N–H and O–H groups in total. The molecule has 1 aromatic rings. The molecule has 0 saturated heterocycles. The largest absolute Gasteiger partial charge is 0.506 e. The van der Waals surface area contributed by atoms with E-state index in [0.29, 0.717) is 10.9 Å². The zero-order chi connectivity index (χ0) is 9.14. The van der Waals surface area contributed by atoms with Gasteiger partial charge in [-0.1, -0.05) is 31.5 Å². The third-order valence-corrected chi connectivity index (χ3v) is 1.96. The van der Waals surface area contributed by atoms with E-state index in [1.807, 2.05) is 12.1 Å². The lowest BCUT2D eigenvalue weighted by Crippen LogP contribution is -1.93. The van der Waals surface area contributed by atoms with Gasteiger partial charge in [-0.3, -0.25) is 0 Å². The average Bonchev–Trinajstić information content (AvgIpc) is 1.96. The summed E-state index contributed by atoms with van der Waals surface area (Å²) in [5, 5.41) is 9.58. The van der Waals surface area contributed by atoms with Crippen LogP contribution in [0.15, 0.2) is 18.2 Å². The van der Waals surface area contributed by atoms with E-state index < -0.39 is 0 Å². The van der Waals surface area contributed by atoms with E-state index in [1.54, 1.807) is 6.07 Å². The highest BCUT2D eigenvalue weighted by atomic mass is 35.5. The molecule has 0 heterocycles. The van der Waals surface area contributed by atoms with E-state index in [-0.39, 0.29) is 5.75 Å². The van der Waals surface area contributed by atoms with Crippen molar-refractivity contribution in [3.05, 3.63) is 28.8 Å². The fourth-order valence-electron chi connectivity index (χ4n) is 1.15. The molecule has 12 heavy (non-hydrogen) atoms. The topological polar surface area (TPSA) is 20.2 Å². The van der Waals surface area contributed by atoms with Gasteiger partial charge >= 0.3 is 0 Å². The minimum Gasteiger partial charge on any atom is -0.506 e. The smallest absolute Gasteiger partial charge is 0.134 e. The van der Waals surface area contributed by atoms with Crippen LogP contribution in [0.1, 0.15) is 19.4 Å². The van der Waals surface area contributed by atoms with Crippen LogP contribution in [-0.4, -0.2) is 5.11 Å². The van der Waals surface area contributed by atoms with E-state index in [4.69, 9.17) is 16.7 Å². The van der Waals surface area contributed by atoms with Gasteiger partial charge in [0.1, 0.15) is 5.75 Å². The van der Waals surface area contributed by atoms with Gasteiger partial charge in [0.05, 0.1) is 5.02 Å². The Balaban J connectivity index is 2.82. The molecule has 0 bridgehead atoms. The maximum absolute atomic E-state index is 9.15. The van der Waals surface area contributed by atoms with Crippen LogP contribution >= 0.6 is 11.6 Å². The fourth-order valence-corrected chi connectivity index (χ4v) is 1.35. The first-order chi connectivity index (χ1) is 5.59. The normalized spacial score (nSPS) is 10.7. The predicted octanol–water partition coefficient (Wildman–Crippen LogP) is 3.24. The molecule has 1 rings (SSSR count). The minimum atomic E-state index is 0.157. The second-order valence-electron chi connectivity index (χ2n) is 3.38. The van der Waals surface area contributed by atoms with Crippen LogP contribution in [0, 0.1) is 5.92 Å². The van der Waals surface area contributed by atoms with Crippen LogP contribution in [0.4, 0.5) is 0 Å². The molecule has 66 valence electrons. The van der Waals surface area contributed by atoms with Gasteiger partial charge in [0.2, 0.25) is 0 Å². The Labute approximate surface area is 78.0 Å². The molecule has 0 aliphatic rings. The van der Waals surface area contributed by atoms with Crippen LogP contribution in [0.3, 0.4) is 0 Å². The Kier molecular flexibility index (Phi) is 2.99. The van der Waals surface area contributed by atoms with Gasteiger partial charge in [-0.15, -0.1) is 0 Å². The Morgan fingerprint density at radius 2 is 2.08 bits per heavy atom. The lowest BCUT2D eigenvalue weighted by atomic mass is 10.0. The SMILES string of the molecule is CC(C)Cc1ccc(O)c(Cl)c1. The molecule has 0 amide bonds. The van der Waals surface area contributed by atoms with E-state index in [9.17, 15) is 0 Å². The fraction of sp³-hybridized carbons (Fsp3) is 0.400. The van der Waals surface area contributed by atoms with Crippen LogP contribution in [0.25, 0.3) is 0 Å². The molecule has 0 unspecified atom stereocenters. The molecule has 0 saturated carbocycles. The van der Waals surface area contributed by atoms with Gasteiger partial charge < -0.3 is 5.11 Å². The standard InChI is InChI=1S/C10H13ClO/c1-7(2)5-8-3-4-10(12)9(11)6-8/h3-4,6-7,12H,5H2,1-2H3. The number of phenols is 1. The first-order valence-electron chi connectivity index (χ1n) is 4.07. The van der Waals surface area contributed by atoms with Crippen LogP contribution in [0.2, 0.25) is 5.02 Å². The molecule has 0 atom stereocenters. The van der Waals surface area contributed by atoms with Gasteiger partial charge in [-0.25, -0.2) is 0 Å². The van der Waals surface area contributed by atoms with Crippen molar-refractivity contribution >= 4 is 11.6 Å². The van der Waals surface area contributed by atoms with Gasteiger partial charge in [0.25, 0.3) is 0 Å². The molecule has 1 nitrogen and oxygen atoms in total. The highest BCUT2D eigenvalue weighted by Crippen LogP contribution is 2.24. The maximum Gasteiger partial charge on any atom is 0.134 e. The number of aromatic hydroxyl groups is 1. The maximum atomic E-state index is 9.15. The van der Waals surface area contributed by atoms with Crippen LogP contribution < -0.4 is 0 Å². The number of halogens is 1. The van der Waals surface area contributed by atoms with Gasteiger partial charge in [0.15, 0.2) is 0 Å². The molecule has 0 aliphatic heterocycles. The Morgan fingerprint density at radius 1 is 1.42 bits per heavy atom. The molecule has 1 aromatic carbocycles. The highest BCUT2D eigenvalue weighted by molar-refractivity contribution is 6.32. The lowest BCUT2D eigenvalue weighted by Gasteiger charge is -2.05. The number of hydrogen-bond acceptors (Lipinski definition) is 1. The van der Waals surface area contributed by atoms with Crippen molar-refractivity contribution in [2.24, 2.45) is 5.92 Å². The Hall–Kier alpha value is -0.690. The second-order valence-corrected chi connectivity index (χ2v) is 3.79. The van der Waals surface area contributed by atoms with Crippen LogP contribution in [0.5, 0.6) is 5.75 Å². The quantitative estimate of drug-likeness (QED) is 0.748.